The molecule has 1 aromatic heterocycles. The zero-order valence-corrected chi connectivity index (χ0v) is 9.07. The Hall–Kier alpha value is -1.55. The summed E-state index contributed by atoms with van der Waals surface area (Å²) in [6.45, 7) is 2.37. The smallest absolute Gasteiger partial charge is 0.145 e. The zero-order valence-electron chi connectivity index (χ0n) is 8.31. The van der Waals surface area contributed by atoms with E-state index in [1.807, 2.05) is 31.2 Å². The molecule has 2 aromatic rings. The fourth-order valence-electron chi connectivity index (χ4n) is 1.31. The predicted octanol–water partition coefficient (Wildman–Crippen LogP) is 1.87. The van der Waals surface area contributed by atoms with Crippen molar-refractivity contribution in [3.63, 3.8) is 0 Å². The molecule has 1 aromatic carbocycles. The topological polar surface area (TPSA) is 56.7 Å². The highest BCUT2D eigenvalue weighted by Crippen LogP contribution is 2.17. The highest BCUT2D eigenvalue weighted by atomic mass is 35.5. The molecular weight excluding hydrogens is 212 g/mol. The minimum absolute atomic E-state index is 0.548. The molecule has 0 radical (unpaired) electrons. The van der Waals surface area contributed by atoms with Gasteiger partial charge in [-0.2, -0.15) is 0 Å². The molecule has 0 spiro atoms. The summed E-state index contributed by atoms with van der Waals surface area (Å²) in [5.41, 5.74) is 7.52. The molecule has 15 heavy (non-hydrogen) atoms. The van der Waals surface area contributed by atoms with E-state index in [4.69, 9.17) is 17.3 Å². The Morgan fingerprint density at radius 2 is 2.13 bits per heavy atom. The van der Waals surface area contributed by atoms with Crippen molar-refractivity contribution < 1.29 is 0 Å². The van der Waals surface area contributed by atoms with Gasteiger partial charge in [0.05, 0.1) is 6.54 Å². The maximum absolute atomic E-state index is 6.03. The van der Waals surface area contributed by atoms with Crippen LogP contribution in [-0.4, -0.2) is 15.0 Å². The first-order valence-corrected chi connectivity index (χ1v) is 4.95. The molecule has 0 fully saturated rings. The van der Waals surface area contributed by atoms with Crippen molar-refractivity contribution in [3.05, 3.63) is 40.5 Å². The second-order valence-corrected chi connectivity index (χ2v) is 3.72. The molecule has 0 aliphatic heterocycles. The van der Waals surface area contributed by atoms with Gasteiger partial charge in [0, 0.05) is 5.02 Å². The molecule has 0 bridgehead atoms. The molecule has 0 unspecified atom stereocenters. The molecule has 78 valence electrons. The molecule has 1 heterocycles. The van der Waals surface area contributed by atoms with E-state index in [-0.39, 0.29) is 0 Å². The van der Waals surface area contributed by atoms with E-state index in [2.05, 4.69) is 10.3 Å². The van der Waals surface area contributed by atoms with Crippen LogP contribution >= 0.6 is 11.6 Å². The lowest BCUT2D eigenvalue weighted by molar-refractivity contribution is 0.657. The molecule has 0 atom stereocenters. The Morgan fingerprint density at radius 1 is 1.40 bits per heavy atom. The van der Waals surface area contributed by atoms with Gasteiger partial charge in [-0.25, -0.2) is 4.68 Å². The van der Waals surface area contributed by atoms with E-state index in [1.165, 1.54) is 0 Å². The molecule has 0 aliphatic carbocycles. The molecule has 4 nitrogen and oxygen atoms in total. The zero-order chi connectivity index (χ0) is 10.8. The van der Waals surface area contributed by atoms with Crippen molar-refractivity contribution in [3.8, 4) is 0 Å². The summed E-state index contributed by atoms with van der Waals surface area (Å²) in [4.78, 5) is 0. The first kappa shape index (κ1) is 9.98. The highest BCUT2D eigenvalue weighted by molar-refractivity contribution is 6.31. The SMILES string of the molecule is Cc1nnn(Cc2ccccc2Cl)c1N. The third kappa shape index (κ3) is 1.94. The van der Waals surface area contributed by atoms with Crippen molar-refractivity contribution >= 4 is 17.4 Å². The first-order chi connectivity index (χ1) is 7.18. The maximum Gasteiger partial charge on any atom is 0.145 e. The minimum atomic E-state index is 0.548. The Morgan fingerprint density at radius 3 is 2.73 bits per heavy atom. The number of anilines is 1. The molecule has 5 heteroatoms. The van der Waals surface area contributed by atoms with Gasteiger partial charge in [-0.1, -0.05) is 35.0 Å². The largest absolute Gasteiger partial charge is 0.382 e. The summed E-state index contributed by atoms with van der Waals surface area (Å²) < 4.78 is 1.64. The number of rotatable bonds is 2. The van der Waals surface area contributed by atoms with Gasteiger partial charge in [0.1, 0.15) is 11.5 Å². The predicted molar refractivity (Wildman–Crippen MR) is 59.7 cm³/mol. The van der Waals surface area contributed by atoms with Gasteiger partial charge < -0.3 is 5.73 Å². The van der Waals surface area contributed by atoms with Crippen molar-refractivity contribution in [2.75, 3.05) is 5.73 Å². The van der Waals surface area contributed by atoms with E-state index >= 15 is 0 Å². The van der Waals surface area contributed by atoms with E-state index in [0.717, 1.165) is 11.3 Å². The Kier molecular flexibility index (Phi) is 2.60. The second-order valence-electron chi connectivity index (χ2n) is 3.31. The van der Waals surface area contributed by atoms with Crippen molar-refractivity contribution in [2.45, 2.75) is 13.5 Å². The number of aromatic nitrogens is 3. The van der Waals surface area contributed by atoms with Gasteiger partial charge in [0.15, 0.2) is 0 Å². The Bertz CT molecular complexity index is 478. The summed E-state index contributed by atoms with van der Waals surface area (Å²) in [5.74, 6) is 0.579. The van der Waals surface area contributed by atoms with E-state index < -0.39 is 0 Å². The highest BCUT2D eigenvalue weighted by Gasteiger charge is 2.06. The monoisotopic (exact) mass is 222 g/mol. The Labute approximate surface area is 92.7 Å². The number of hydrogen-bond donors (Lipinski definition) is 1. The standard InChI is InChI=1S/C10H11ClN4/c1-7-10(12)15(14-13-7)6-8-4-2-3-5-9(8)11/h2-5H,6,12H2,1H3. The average molecular weight is 223 g/mol. The van der Waals surface area contributed by atoms with E-state index in [9.17, 15) is 0 Å². The first-order valence-electron chi connectivity index (χ1n) is 4.57. The third-order valence-corrected chi connectivity index (χ3v) is 2.60. The number of nitrogens with zero attached hydrogens (tertiary/aromatic N) is 3. The van der Waals surface area contributed by atoms with Crippen LogP contribution in [0.25, 0.3) is 0 Å². The summed E-state index contributed by atoms with van der Waals surface area (Å²) in [6, 6.07) is 7.61. The molecule has 0 saturated heterocycles. The number of nitrogen functional groups attached to an aromatic ring is 1. The van der Waals surface area contributed by atoms with Crippen molar-refractivity contribution in [2.24, 2.45) is 0 Å². The summed E-state index contributed by atoms with van der Waals surface area (Å²) in [6.07, 6.45) is 0. The van der Waals surface area contributed by atoms with Gasteiger partial charge in [-0.3, -0.25) is 0 Å². The average Bonchev–Trinajstić information content (AvgIpc) is 2.53. The lowest BCUT2D eigenvalue weighted by Gasteiger charge is -2.04. The van der Waals surface area contributed by atoms with Crippen LogP contribution in [0.4, 0.5) is 5.82 Å². The third-order valence-electron chi connectivity index (χ3n) is 2.23. The number of hydrogen-bond acceptors (Lipinski definition) is 3. The minimum Gasteiger partial charge on any atom is -0.382 e. The van der Waals surface area contributed by atoms with Crippen LogP contribution in [-0.2, 0) is 6.54 Å². The van der Waals surface area contributed by atoms with Crippen LogP contribution in [0.3, 0.4) is 0 Å². The summed E-state index contributed by atoms with van der Waals surface area (Å²) >= 11 is 6.03. The van der Waals surface area contributed by atoms with Crippen LogP contribution in [0, 0.1) is 6.92 Å². The molecular formula is C10H11ClN4. The van der Waals surface area contributed by atoms with Crippen LogP contribution in [0.1, 0.15) is 11.3 Å². The number of nitrogens with two attached hydrogens (primary N) is 1. The quantitative estimate of drug-likeness (QED) is 0.844. The Balaban J connectivity index is 2.30. The van der Waals surface area contributed by atoms with Crippen LogP contribution in [0.15, 0.2) is 24.3 Å². The number of benzene rings is 1. The van der Waals surface area contributed by atoms with E-state index in [0.29, 0.717) is 17.4 Å². The molecule has 0 aliphatic rings. The van der Waals surface area contributed by atoms with Crippen LogP contribution < -0.4 is 5.73 Å². The number of halogens is 1. The molecule has 0 saturated carbocycles. The van der Waals surface area contributed by atoms with Gasteiger partial charge in [0.25, 0.3) is 0 Å². The summed E-state index contributed by atoms with van der Waals surface area (Å²) in [7, 11) is 0. The number of aryl methyl sites for hydroxylation is 1. The normalized spacial score (nSPS) is 10.5. The lowest BCUT2D eigenvalue weighted by Crippen LogP contribution is -2.06. The fraction of sp³-hybridized carbons (Fsp3) is 0.200. The van der Waals surface area contributed by atoms with E-state index in [1.54, 1.807) is 4.68 Å². The lowest BCUT2D eigenvalue weighted by atomic mass is 10.2. The molecule has 2 rings (SSSR count). The van der Waals surface area contributed by atoms with Crippen LogP contribution in [0.5, 0.6) is 0 Å². The van der Waals surface area contributed by atoms with Gasteiger partial charge >= 0.3 is 0 Å². The van der Waals surface area contributed by atoms with Gasteiger partial charge in [-0.05, 0) is 18.6 Å². The fourth-order valence-corrected chi connectivity index (χ4v) is 1.51. The maximum atomic E-state index is 6.03. The van der Waals surface area contributed by atoms with Gasteiger partial charge in [-0.15, -0.1) is 5.10 Å². The molecule has 2 N–H and O–H groups in total. The second kappa shape index (κ2) is 3.90. The summed E-state index contributed by atoms with van der Waals surface area (Å²) in [5, 5.41) is 8.53. The van der Waals surface area contributed by atoms with Crippen LogP contribution in [0.2, 0.25) is 5.02 Å². The van der Waals surface area contributed by atoms with Crippen molar-refractivity contribution in [1.82, 2.24) is 15.0 Å². The van der Waals surface area contributed by atoms with Gasteiger partial charge in [0.2, 0.25) is 0 Å². The van der Waals surface area contributed by atoms with Crippen molar-refractivity contribution in [1.29, 1.82) is 0 Å². The molecule has 0 amide bonds.